The van der Waals surface area contributed by atoms with E-state index in [4.69, 9.17) is 4.74 Å². The minimum Gasteiger partial charge on any atom is -0.378 e. The number of carbonyl (C=O) groups is 1. The summed E-state index contributed by atoms with van der Waals surface area (Å²) in [7, 11) is 0. The van der Waals surface area contributed by atoms with Crippen molar-refractivity contribution in [1.82, 2.24) is 10.2 Å². The largest absolute Gasteiger partial charge is 0.378 e. The third kappa shape index (κ3) is 4.49. The second-order valence-electron chi connectivity index (χ2n) is 4.38. The Hall–Kier alpha value is -1.10. The van der Waals surface area contributed by atoms with E-state index >= 15 is 0 Å². The van der Waals surface area contributed by atoms with Gasteiger partial charge in [0.2, 0.25) is 0 Å². The molecule has 0 bridgehead atoms. The Morgan fingerprint density at radius 1 is 1.26 bits per heavy atom. The van der Waals surface area contributed by atoms with E-state index in [-0.39, 0.29) is 18.3 Å². The molecular formula is C14H21ClN2O2. The molecule has 1 amide bonds. The number of nitrogens with zero attached hydrogens (tertiary/aromatic N) is 1. The van der Waals surface area contributed by atoms with E-state index in [1.54, 1.807) is 0 Å². The van der Waals surface area contributed by atoms with Crippen LogP contribution in [0.1, 0.15) is 22.8 Å². The third-order valence-corrected chi connectivity index (χ3v) is 3.08. The molecule has 19 heavy (non-hydrogen) atoms. The summed E-state index contributed by atoms with van der Waals surface area (Å²) in [5.41, 5.74) is 1.97. The van der Waals surface area contributed by atoms with E-state index in [9.17, 15) is 4.79 Å². The van der Waals surface area contributed by atoms with E-state index < -0.39 is 0 Å². The van der Waals surface area contributed by atoms with Crippen LogP contribution in [0.5, 0.6) is 0 Å². The molecule has 0 spiro atoms. The van der Waals surface area contributed by atoms with Gasteiger partial charge in [-0.15, -0.1) is 12.4 Å². The Kier molecular flexibility index (Phi) is 6.84. The van der Waals surface area contributed by atoms with Gasteiger partial charge in [-0.05, 0) is 24.2 Å². The predicted octanol–water partition coefficient (Wildman–Crippen LogP) is 1.69. The fourth-order valence-electron chi connectivity index (χ4n) is 1.98. The van der Waals surface area contributed by atoms with Crippen LogP contribution >= 0.6 is 12.4 Å². The number of rotatable bonds is 4. The monoisotopic (exact) mass is 284 g/mol. The first-order valence-corrected chi connectivity index (χ1v) is 6.48. The van der Waals surface area contributed by atoms with Crippen LogP contribution in [0.15, 0.2) is 24.3 Å². The number of amides is 1. The predicted molar refractivity (Wildman–Crippen MR) is 77.8 cm³/mol. The highest BCUT2D eigenvalue weighted by atomic mass is 35.5. The van der Waals surface area contributed by atoms with Crippen molar-refractivity contribution < 1.29 is 9.53 Å². The van der Waals surface area contributed by atoms with Crippen LogP contribution < -0.4 is 5.32 Å². The molecule has 0 radical (unpaired) electrons. The van der Waals surface area contributed by atoms with Crippen molar-refractivity contribution in [3.8, 4) is 0 Å². The van der Waals surface area contributed by atoms with Gasteiger partial charge in [0.1, 0.15) is 0 Å². The number of carbonyl (C=O) groups excluding carboxylic acids is 1. The van der Waals surface area contributed by atoms with Gasteiger partial charge in [-0.3, -0.25) is 4.79 Å². The van der Waals surface area contributed by atoms with Crippen LogP contribution in [-0.4, -0.2) is 43.7 Å². The molecule has 1 aliphatic heterocycles. The number of morpholine rings is 1. The number of hydrogen-bond acceptors (Lipinski definition) is 3. The van der Waals surface area contributed by atoms with Crippen molar-refractivity contribution in [3.63, 3.8) is 0 Å². The number of benzene rings is 1. The molecule has 1 aliphatic rings. The molecule has 0 saturated carbocycles. The molecule has 1 saturated heterocycles. The number of ether oxygens (including phenoxy) is 1. The number of nitrogens with one attached hydrogen (secondary N) is 1. The van der Waals surface area contributed by atoms with Gasteiger partial charge in [-0.2, -0.15) is 0 Å². The molecule has 1 heterocycles. The maximum Gasteiger partial charge on any atom is 0.254 e. The fraction of sp³-hybridized carbons (Fsp3) is 0.500. The topological polar surface area (TPSA) is 41.6 Å². The van der Waals surface area contributed by atoms with Gasteiger partial charge < -0.3 is 15.0 Å². The van der Waals surface area contributed by atoms with Crippen molar-refractivity contribution in [2.24, 2.45) is 0 Å². The zero-order valence-corrected chi connectivity index (χ0v) is 12.0. The molecule has 0 aliphatic carbocycles. The van der Waals surface area contributed by atoms with E-state index in [0.717, 1.165) is 18.7 Å². The molecule has 1 fully saturated rings. The summed E-state index contributed by atoms with van der Waals surface area (Å²) in [6.45, 7) is 6.55. The molecule has 0 atom stereocenters. The first kappa shape index (κ1) is 16.0. The van der Waals surface area contributed by atoms with Gasteiger partial charge >= 0.3 is 0 Å². The lowest BCUT2D eigenvalue weighted by atomic mass is 10.1. The standard InChI is InChI=1S/C14H20N2O2.ClH/c1-2-15-11-12-3-5-13(6-4-12)14(17)16-7-9-18-10-8-16;/h3-6,15H,2,7-11H2,1H3;1H. The molecule has 5 heteroatoms. The minimum absolute atomic E-state index is 0. The Balaban J connectivity index is 0.00000180. The van der Waals surface area contributed by atoms with Crippen LogP contribution in [0, 0.1) is 0 Å². The molecule has 1 N–H and O–H groups in total. The molecule has 106 valence electrons. The Morgan fingerprint density at radius 3 is 2.47 bits per heavy atom. The van der Waals surface area contributed by atoms with E-state index in [2.05, 4.69) is 12.2 Å². The van der Waals surface area contributed by atoms with Crippen molar-refractivity contribution >= 4 is 18.3 Å². The lowest BCUT2D eigenvalue weighted by Crippen LogP contribution is -2.40. The molecule has 0 aromatic heterocycles. The Bertz CT molecular complexity index is 389. The zero-order chi connectivity index (χ0) is 12.8. The summed E-state index contributed by atoms with van der Waals surface area (Å²) < 4.78 is 5.25. The summed E-state index contributed by atoms with van der Waals surface area (Å²) in [6.07, 6.45) is 0. The van der Waals surface area contributed by atoms with Gasteiger partial charge in [-0.25, -0.2) is 0 Å². The maximum absolute atomic E-state index is 12.2. The van der Waals surface area contributed by atoms with Gasteiger partial charge in [0, 0.05) is 25.2 Å². The van der Waals surface area contributed by atoms with Gasteiger partial charge in [0.25, 0.3) is 5.91 Å². The quantitative estimate of drug-likeness (QED) is 0.915. The molecule has 2 rings (SSSR count). The van der Waals surface area contributed by atoms with Crippen molar-refractivity contribution in [1.29, 1.82) is 0 Å². The normalized spacial score (nSPS) is 14.9. The molecular weight excluding hydrogens is 264 g/mol. The number of halogens is 1. The zero-order valence-electron chi connectivity index (χ0n) is 11.2. The van der Waals surface area contributed by atoms with E-state index in [0.29, 0.717) is 26.3 Å². The summed E-state index contributed by atoms with van der Waals surface area (Å²) >= 11 is 0. The fourth-order valence-corrected chi connectivity index (χ4v) is 1.98. The third-order valence-electron chi connectivity index (χ3n) is 3.08. The average molecular weight is 285 g/mol. The van der Waals surface area contributed by atoms with Crippen molar-refractivity contribution in [2.45, 2.75) is 13.5 Å². The second-order valence-corrected chi connectivity index (χ2v) is 4.38. The first-order chi connectivity index (χ1) is 8.81. The summed E-state index contributed by atoms with van der Waals surface area (Å²) in [5.74, 6) is 0.105. The number of hydrogen-bond donors (Lipinski definition) is 1. The van der Waals surface area contributed by atoms with Crippen molar-refractivity contribution in [2.75, 3.05) is 32.8 Å². The van der Waals surface area contributed by atoms with Gasteiger partial charge in [0.15, 0.2) is 0 Å². The van der Waals surface area contributed by atoms with Gasteiger partial charge in [0.05, 0.1) is 13.2 Å². The minimum atomic E-state index is 0. The van der Waals surface area contributed by atoms with Crippen molar-refractivity contribution in [3.05, 3.63) is 35.4 Å². The highest BCUT2D eigenvalue weighted by Crippen LogP contribution is 2.09. The van der Waals surface area contributed by atoms with Crippen LogP contribution in [0.3, 0.4) is 0 Å². The van der Waals surface area contributed by atoms with Gasteiger partial charge in [-0.1, -0.05) is 19.1 Å². The average Bonchev–Trinajstić information content (AvgIpc) is 2.46. The lowest BCUT2D eigenvalue weighted by molar-refractivity contribution is 0.0303. The SMILES string of the molecule is CCNCc1ccc(C(=O)N2CCOCC2)cc1.Cl. The molecule has 1 aromatic carbocycles. The molecule has 4 nitrogen and oxygen atoms in total. The Labute approximate surface area is 120 Å². The highest BCUT2D eigenvalue weighted by molar-refractivity contribution is 5.94. The van der Waals surface area contributed by atoms with Crippen LogP contribution in [0.25, 0.3) is 0 Å². The van der Waals surface area contributed by atoms with Crippen LogP contribution in [0.4, 0.5) is 0 Å². The lowest BCUT2D eigenvalue weighted by Gasteiger charge is -2.26. The maximum atomic E-state index is 12.2. The second kappa shape index (κ2) is 8.15. The smallest absolute Gasteiger partial charge is 0.254 e. The van der Waals surface area contributed by atoms with Crippen LogP contribution in [-0.2, 0) is 11.3 Å². The summed E-state index contributed by atoms with van der Waals surface area (Å²) in [6, 6.07) is 7.83. The summed E-state index contributed by atoms with van der Waals surface area (Å²) in [4.78, 5) is 14.0. The van der Waals surface area contributed by atoms with E-state index in [1.165, 1.54) is 5.56 Å². The van der Waals surface area contributed by atoms with Crippen LogP contribution in [0.2, 0.25) is 0 Å². The molecule has 1 aromatic rings. The summed E-state index contributed by atoms with van der Waals surface area (Å²) in [5, 5.41) is 3.26. The molecule has 0 unspecified atom stereocenters. The Morgan fingerprint density at radius 2 is 1.89 bits per heavy atom. The highest BCUT2D eigenvalue weighted by Gasteiger charge is 2.17. The van der Waals surface area contributed by atoms with E-state index in [1.807, 2.05) is 29.2 Å². The first-order valence-electron chi connectivity index (χ1n) is 6.48.